The predicted octanol–water partition coefficient (Wildman–Crippen LogP) is 3.15. The van der Waals surface area contributed by atoms with Gasteiger partial charge in [-0.2, -0.15) is 5.06 Å². The number of hydroxylamine groups is 2. The number of carbonyl (C=O) groups is 2. The summed E-state index contributed by atoms with van der Waals surface area (Å²) in [5, 5.41) is 9.79. The van der Waals surface area contributed by atoms with Gasteiger partial charge in [0, 0.05) is 26.6 Å². The fourth-order valence-electron chi connectivity index (χ4n) is 3.56. The first kappa shape index (κ1) is 22.3. The number of amides is 3. The van der Waals surface area contributed by atoms with Gasteiger partial charge in [0.05, 0.1) is 12.6 Å². The average Bonchev–Trinajstić information content (AvgIpc) is 3.24. The van der Waals surface area contributed by atoms with Crippen molar-refractivity contribution in [2.45, 2.75) is 77.5 Å². The van der Waals surface area contributed by atoms with Gasteiger partial charge in [-0.05, 0) is 40.0 Å². The van der Waals surface area contributed by atoms with Crippen LogP contribution in [0.15, 0.2) is 4.42 Å². The van der Waals surface area contributed by atoms with E-state index in [2.05, 4.69) is 17.1 Å². The summed E-state index contributed by atoms with van der Waals surface area (Å²) in [7, 11) is 1.67. The molecule has 0 radical (unpaired) electrons. The van der Waals surface area contributed by atoms with E-state index in [-0.39, 0.29) is 18.1 Å². The molecule has 0 saturated carbocycles. The Morgan fingerprint density at radius 3 is 2.77 bits per heavy atom. The molecule has 2 aliphatic rings. The lowest BCUT2D eigenvalue weighted by Gasteiger charge is -2.27. The minimum Gasteiger partial charge on any atom is -0.444 e. The highest BCUT2D eigenvalue weighted by Crippen LogP contribution is 2.38. The van der Waals surface area contributed by atoms with Gasteiger partial charge in [0.15, 0.2) is 0 Å². The maximum Gasteiger partial charge on any atom is 0.410 e. The van der Waals surface area contributed by atoms with E-state index in [9.17, 15) is 9.59 Å². The van der Waals surface area contributed by atoms with Crippen LogP contribution in [0.4, 0.5) is 9.59 Å². The molecule has 10 nitrogen and oxygen atoms in total. The molecule has 168 valence electrons. The van der Waals surface area contributed by atoms with Crippen LogP contribution in [0, 0.1) is 0 Å². The van der Waals surface area contributed by atoms with Gasteiger partial charge < -0.3 is 19.0 Å². The Labute approximate surface area is 177 Å². The molecule has 10 heteroatoms. The monoisotopic (exact) mass is 423 g/mol. The number of urea groups is 1. The third-order valence-corrected chi connectivity index (χ3v) is 5.18. The van der Waals surface area contributed by atoms with Crippen molar-refractivity contribution in [1.82, 2.24) is 25.1 Å². The Morgan fingerprint density at radius 2 is 2.07 bits per heavy atom. The minimum absolute atomic E-state index is 0.0791. The van der Waals surface area contributed by atoms with Crippen molar-refractivity contribution >= 4 is 12.1 Å². The van der Waals surface area contributed by atoms with E-state index in [1.54, 1.807) is 11.9 Å². The zero-order valence-electron chi connectivity index (χ0n) is 18.6. The second-order valence-corrected chi connectivity index (χ2v) is 8.88. The molecule has 3 amide bonds. The molecule has 0 N–H and O–H groups in total. The summed E-state index contributed by atoms with van der Waals surface area (Å²) in [5.41, 5.74) is -0.543. The molecule has 2 bridgehead atoms. The molecule has 2 saturated heterocycles. The van der Waals surface area contributed by atoms with Crippen LogP contribution in [-0.2, 0) is 16.0 Å². The number of nitrogens with zero attached hydrogens (tertiary/aromatic N) is 5. The van der Waals surface area contributed by atoms with Crippen molar-refractivity contribution in [2.24, 2.45) is 0 Å². The summed E-state index contributed by atoms with van der Waals surface area (Å²) < 4.78 is 11.2. The van der Waals surface area contributed by atoms with Crippen molar-refractivity contribution in [1.29, 1.82) is 0 Å². The molecule has 1 aromatic heterocycles. The lowest BCUT2D eigenvalue weighted by molar-refractivity contribution is -0.130. The van der Waals surface area contributed by atoms with E-state index in [0.717, 1.165) is 25.7 Å². The number of piperidine rings is 1. The largest absolute Gasteiger partial charge is 0.444 e. The Bertz CT molecular complexity index is 746. The van der Waals surface area contributed by atoms with E-state index in [1.165, 1.54) is 9.96 Å². The van der Waals surface area contributed by atoms with Crippen LogP contribution in [0.1, 0.15) is 71.2 Å². The quantitative estimate of drug-likeness (QED) is 0.592. The van der Waals surface area contributed by atoms with Gasteiger partial charge in [-0.1, -0.05) is 13.3 Å². The van der Waals surface area contributed by atoms with Crippen LogP contribution in [0.2, 0.25) is 0 Å². The number of unbranched alkanes of at least 4 members (excludes halogenated alkanes) is 1. The molecule has 3 heterocycles. The fraction of sp³-hybridized carbons (Fsp3) is 0.800. The highest BCUT2D eigenvalue weighted by molar-refractivity contribution is 5.77. The highest BCUT2D eigenvalue weighted by atomic mass is 16.7. The number of hydrogen-bond donors (Lipinski definition) is 0. The van der Waals surface area contributed by atoms with Gasteiger partial charge in [-0.15, -0.1) is 10.2 Å². The van der Waals surface area contributed by atoms with Gasteiger partial charge in [0.25, 0.3) is 0 Å². The molecule has 30 heavy (non-hydrogen) atoms. The molecular weight excluding hydrogens is 390 g/mol. The van der Waals surface area contributed by atoms with Crippen molar-refractivity contribution in [2.75, 3.05) is 26.7 Å². The second-order valence-electron chi connectivity index (χ2n) is 8.88. The van der Waals surface area contributed by atoms with Crippen LogP contribution >= 0.6 is 0 Å². The molecular formula is C20H33N5O5. The van der Waals surface area contributed by atoms with Gasteiger partial charge in [-0.25, -0.2) is 9.59 Å². The van der Waals surface area contributed by atoms with E-state index < -0.39 is 11.7 Å². The first-order valence-corrected chi connectivity index (χ1v) is 10.7. The molecule has 0 unspecified atom stereocenters. The van der Waals surface area contributed by atoms with Crippen LogP contribution in [0.25, 0.3) is 0 Å². The minimum atomic E-state index is -0.543. The first-order chi connectivity index (χ1) is 14.2. The van der Waals surface area contributed by atoms with Crippen molar-refractivity contribution in [3.8, 4) is 0 Å². The number of ether oxygens (including phenoxy) is 1. The van der Waals surface area contributed by atoms with Gasteiger partial charge >= 0.3 is 12.1 Å². The van der Waals surface area contributed by atoms with Crippen molar-refractivity contribution in [3.63, 3.8) is 0 Å². The van der Waals surface area contributed by atoms with E-state index in [0.29, 0.717) is 37.9 Å². The van der Waals surface area contributed by atoms with Crippen LogP contribution in [-0.4, -0.2) is 75.6 Å². The summed E-state index contributed by atoms with van der Waals surface area (Å²) in [5.74, 6) is 0.873. The van der Waals surface area contributed by atoms with Crippen LogP contribution in [0.5, 0.6) is 0 Å². The topological polar surface area (TPSA) is 101 Å². The van der Waals surface area contributed by atoms with Gasteiger partial charge in [0.2, 0.25) is 11.8 Å². The average molecular weight is 424 g/mol. The number of rotatable bonds is 8. The Kier molecular flexibility index (Phi) is 6.84. The molecule has 2 aliphatic heterocycles. The number of likely N-dealkylation sites (N-methyl/N-ethyl adjacent to an activating group) is 1. The maximum atomic E-state index is 12.8. The smallest absolute Gasteiger partial charge is 0.410 e. The lowest BCUT2D eigenvalue weighted by Crippen LogP contribution is -2.35. The summed E-state index contributed by atoms with van der Waals surface area (Å²) in [6.45, 7) is 9.12. The van der Waals surface area contributed by atoms with Crippen LogP contribution < -0.4 is 0 Å². The van der Waals surface area contributed by atoms with E-state index >= 15 is 0 Å². The summed E-state index contributed by atoms with van der Waals surface area (Å²) in [6.07, 6.45) is 3.55. The summed E-state index contributed by atoms with van der Waals surface area (Å²) in [6, 6.07) is -0.295. The fourth-order valence-corrected chi connectivity index (χ4v) is 3.56. The lowest BCUT2D eigenvalue weighted by atomic mass is 10.0. The normalized spacial score (nSPS) is 21.3. The highest BCUT2D eigenvalue weighted by Gasteiger charge is 2.47. The summed E-state index contributed by atoms with van der Waals surface area (Å²) >= 11 is 0. The van der Waals surface area contributed by atoms with E-state index in [4.69, 9.17) is 14.0 Å². The second kappa shape index (κ2) is 9.20. The Hall–Kier alpha value is -2.36. The zero-order valence-corrected chi connectivity index (χ0v) is 18.6. The predicted molar refractivity (Wildman–Crippen MR) is 107 cm³/mol. The molecule has 2 fully saturated rings. The number of carbonyl (C=O) groups excluding carboxylic acids is 2. The third-order valence-electron chi connectivity index (χ3n) is 5.18. The molecule has 3 rings (SSSR count). The Balaban J connectivity index is 1.55. The van der Waals surface area contributed by atoms with Gasteiger partial charge in [-0.3, -0.25) is 4.84 Å². The number of hydrogen-bond acceptors (Lipinski definition) is 7. The van der Waals surface area contributed by atoms with Crippen molar-refractivity contribution in [3.05, 3.63) is 11.8 Å². The summed E-state index contributed by atoms with van der Waals surface area (Å²) in [4.78, 5) is 33.8. The molecule has 1 aromatic rings. The number of aromatic nitrogens is 2. The maximum absolute atomic E-state index is 12.8. The van der Waals surface area contributed by atoms with Crippen molar-refractivity contribution < 1.29 is 23.6 Å². The van der Waals surface area contributed by atoms with Crippen LogP contribution in [0.3, 0.4) is 0 Å². The molecule has 0 aromatic carbocycles. The molecule has 0 spiro atoms. The zero-order chi connectivity index (χ0) is 21.9. The van der Waals surface area contributed by atoms with Gasteiger partial charge in [0.1, 0.15) is 11.6 Å². The molecule has 0 aliphatic carbocycles. The standard InChI is InChI=1S/C20H33N5O5/c1-6-7-12-28-25-14-8-9-15(24(13-14)18(25)26)17-22-21-16(29-17)10-11-23(5)19(27)30-20(2,3)4/h14-15H,6-13H2,1-5H3/t14-,15-/m0/s1. The SMILES string of the molecule is CCCCON1C(=O)N2C[C@@H]1CC[C@H]2c1nnc(CCN(C)C(=O)OC(C)(C)C)o1. The first-order valence-electron chi connectivity index (χ1n) is 10.7. The third kappa shape index (κ3) is 5.21. The Morgan fingerprint density at radius 1 is 1.30 bits per heavy atom. The number of fused-ring (bicyclic) bond motifs is 2. The molecule has 2 atom stereocenters. The van der Waals surface area contributed by atoms with E-state index in [1.807, 2.05) is 20.8 Å².